The number of nitriles is 1. The quantitative estimate of drug-likeness (QED) is 0.647. The predicted molar refractivity (Wildman–Crippen MR) is 122 cm³/mol. The van der Waals surface area contributed by atoms with Gasteiger partial charge in [-0.1, -0.05) is 43.3 Å². The molecule has 0 aliphatic carbocycles. The summed E-state index contributed by atoms with van der Waals surface area (Å²) < 4.78 is 5.85. The first-order valence-corrected chi connectivity index (χ1v) is 10.9. The lowest BCUT2D eigenvalue weighted by molar-refractivity contribution is -0.113. The lowest BCUT2D eigenvalue weighted by Gasteiger charge is -2.30. The molecule has 154 valence electrons. The number of carbonyl (C=O) groups is 1. The van der Waals surface area contributed by atoms with E-state index in [2.05, 4.69) is 16.7 Å². The van der Waals surface area contributed by atoms with E-state index in [1.165, 1.54) is 0 Å². The molecule has 0 bridgehead atoms. The van der Waals surface area contributed by atoms with Crippen molar-refractivity contribution in [1.82, 2.24) is 5.32 Å². The van der Waals surface area contributed by atoms with Crippen LogP contribution < -0.4 is 15.4 Å². The third-order valence-corrected chi connectivity index (χ3v) is 5.64. The minimum absolute atomic E-state index is 0.240. The lowest BCUT2D eigenvalue weighted by atomic mass is 9.81. The van der Waals surface area contributed by atoms with Gasteiger partial charge in [-0.05, 0) is 37.8 Å². The van der Waals surface area contributed by atoms with Crippen molar-refractivity contribution in [2.45, 2.75) is 26.7 Å². The number of hydrogen-bond acceptors (Lipinski definition) is 5. The number of benzene rings is 2. The second kappa shape index (κ2) is 10.0. The highest BCUT2D eigenvalue weighted by molar-refractivity contribution is 8.03. The molecule has 2 aromatic carbocycles. The topological polar surface area (TPSA) is 74.1 Å². The number of rotatable bonds is 7. The standard InChI is InChI=1S/C24H25N3O2S/c1-4-29-20-14-10-9-13-18(20)22-19(15-25)24(30-5-2)26-16(3)21(22)23(28)27-17-11-7-6-8-12-17/h6-14,22,26H,4-5H2,1-3H3,(H,27,28)/t22-/m0/s1. The Morgan fingerprint density at radius 1 is 1.17 bits per heavy atom. The molecule has 0 saturated heterocycles. The zero-order chi connectivity index (χ0) is 21.5. The first-order valence-electron chi connectivity index (χ1n) is 9.93. The van der Waals surface area contributed by atoms with Gasteiger partial charge in [-0.15, -0.1) is 11.8 Å². The number of anilines is 1. The summed E-state index contributed by atoms with van der Waals surface area (Å²) in [6, 6.07) is 19.3. The molecule has 2 aromatic rings. The van der Waals surface area contributed by atoms with Gasteiger partial charge in [-0.2, -0.15) is 5.26 Å². The number of para-hydroxylation sites is 2. The van der Waals surface area contributed by atoms with Gasteiger partial charge in [0.15, 0.2) is 0 Å². The zero-order valence-corrected chi connectivity index (χ0v) is 18.2. The highest BCUT2D eigenvalue weighted by Crippen LogP contribution is 2.43. The van der Waals surface area contributed by atoms with Gasteiger partial charge in [-0.25, -0.2) is 0 Å². The Kier molecular flexibility index (Phi) is 7.21. The van der Waals surface area contributed by atoms with E-state index >= 15 is 0 Å². The minimum atomic E-state index is -0.517. The highest BCUT2D eigenvalue weighted by Gasteiger charge is 2.36. The summed E-state index contributed by atoms with van der Waals surface area (Å²) in [6.07, 6.45) is 0. The van der Waals surface area contributed by atoms with Gasteiger partial charge >= 0.3 is 0 Å². The summed E-state index contributed by atoms with van der Waals surface area (Å²) >= 11 is 1.56. The third-order valence-electron chi connectivity index (χ3n) is 4.74. The summed E-state index contributed by atoms with van der Waals surface area (Å²) in [4.78, 5) is 13.4. The van der Waals surface area contributed by atoms with E-state index in [-0.39, 0.29) is 5.91 Å². The fourth-order valence-electron chi connectivity index (χ4n) is 3.51. The maximum absolute atomic E-state index is 13.4. The van der Waals surface area contributed by atoms with Gasteiger partial charge in [0.1, 0.15) is 5.75 Å². The van der Waals surface area contributed by atoms with Crippen molar-refractivity contribution >= 4 is 23.4 Å². The Morgan fingerprint density at radius 2 is 1.87 bits per heavy atom. The van der Waals surface area contributed by atoms with Gasteiger partial charge < -0.3 is 15.4 Å². The van der Waals surface area contributed by atoms with E-state index in [1.54, 1.807) is 11.8 Å². The molecule has 1 aliphatic heterocycles. The molecule has 1 aliphatic rings. The van der Waals surface area contributed by atoms with Crippen LogP contribution >= 0.6 is 11.8 Å². The third kappa shape index (κ3) is 4.52. The number of hydrogen-bond donors (Lipinski definition) is 2. The molecule has 0 fully saturated rings. The van der Waals surface area contributed by atoms with Gasteiger partial charge in [0.05, 0.1) is 29.2 Å². The Hall–Kier alpha value is -3.17. The van der Waals surface area contributed by atoms with Crippen LogP contribution in [0.1, 0.15) is 32.3 Å². The Labute approximate surface area is 181 Å². The Balaban J connectivity index is 2.13. The highest BCUT2D eigenvalue weighted by atomic mass is 32.2. The summed E-state index contributed by atoms with van der Waals surface area (Å²) in [5.41, 5.74) is 3.29. The van der Waals surface area contributed by atoms with E-state index in [9.17, 15) is 10.1 Å². The number of nitrogens with one attached hydrogen (secondary N) is 2. The van der Waals surface area contributed by atoms with Crippen molar-refractivity contribution in [3.63, 3.8) is 0 Å². The minimum Gasteiger partial charge on any atom is -0.494 e. The molecule has 6 heteroatoms. The van der Waals surface area contributed by atoms with Crippen LogP contribution in [0.5, 0.6) is 5.75 Å². The molecule has 5 nitrogen and oxygen atoms in total. The average Bonchev–Trinajstić information content (AvgIpc) is 2.75. The van der Waals surface area contributed by atoms with Gasteiger partial charge in [0, 0.05) is 22.5 Å². The largest absolute Gasteiger partial charge is 0.494 e. The summed E-state index contributed by atoms with van der Waals surface area (Å²) in [5, 5.41) is 17.1. The fourth-order valence-corrected chi connectivity index (χ4v) is 4.34. The molecule has 1 heterocycles. The van der Waals surface area contributed by atoms with E-state index in [1.807, 2.05) is 75.4 Å². The van der Waals surface area contributed by atoms with Crippen LogP contribution in [-0.4, -0.2) is 18.3 Å². The summed E-state index contributed by atoms with van der Waals surface area (Å²) in [6.45, 7) is 6.33. The molecule has 1 atom stereocenters. The molecule has 0 spiro atoms. The smallest absolute Gasteiger partial charge is 0.254 e. The van der Waals surface area contributed by atoms with Crippen molar-refractivity contribution in [3.05, 3.63) is 82.0 Å². The first kappa shape index (κ1) is 21.5. The Bertz CT molecular complexity index is 1020. The molecule has 0 aromatic heterocycles. The average molecular weight is 420 g/mol. The van der Waals surface area contributed by atoms with Crippen LogP contribution in [0.3, 0.4) is 0 Å². The number of thioether (sulfide) groups is 1. The number of carbonyl (C=O) groups excluding carboxylic acids is 1. The van der Waals surface area contributed by atoms with Crippen LogP contribution in [0, 0.1) is 11.3 Å². The van der Waals surface area contributed by atoms with Crippen molar-refractivity contribution in [2.24, 2.45) is 0 Å². The molecule has 0 radical (unpaired) electrons. The summed E-state index contributed by atoms with van der Waals surface area (Å²) in [5.74, 6) is 0.734. The Morgan fingerprint density at radius 3 is 2.53 bits per heavy atom. The van der Waals surface area contributed by atoms with Crippen LogP contribution in [0.2, 0.25) is 0 Å². The molecule has 1 amide bonds. The van der Waals surface area contributed by atoms with Crippen molar-refractivity contribution in [2.75, 3.05) is 17.7 Å². The molecular formula is C24H25N3O2S. The number of nitrogens with zero attached hydrogens (tertiary/aromatic N) is 1. The lowest BCUT2D eigenvalue weighted by Crippen LogP contribution is -2.31. The molecule has 0 saturated carbocycles. The fraction of sp³-hybridized carbons (Fsp3) is 0.250. The van der Waals surface area contributed by atoms with Crippen molar-refractivity contribution in [1.29, 1.82) is 5.26 Å². The zero-order valence-electron chi connectivity index (χ0n) is 17.4. The van der Waals surface area contributed by atoms with Crippen LogP contribution in [0.4, 0.5) is 5.69 Å². The normalized spacial score (nSPS) is 16.0. The van der Waals surface area contributed by atoms with Gasteiger partial charge in [0.2, 0.25) is 0 Å². The van der Waals surface area contributed by atoms with Gasteiger partial charge in [-0.3, -0.25) is 4.79 Å². The number of dihydropyridines is 1. The van der Waals surface area contributed by atoms with Crippen LogP contribution in [0.25, 0.3) is 0 Å². The van der Waals surface area contributed by atoms with Crippen LogP contribution in [-0.2, 0) is 4.79 Å². The first-order chi connectivity index (χ1) is 14.6. The van der Waals surface area contributed by atoms with E-state index in [0.717, 1.165) is 22.0 Å². The SMILES string of the molecule is CCOc1ccccc1[C@H]1C(C#N)=C(SCC)NC(C)=C1C(=O)Nc1ccccc1. The molecule has 30 heavy (non-hydrogen) atoms. The number of allylic oxidation sites excluding steroid dienone is 2. The van der Waals surface area contributed by atoms with E-state index < -0.39 is 5.92 Å². The molecule has 0 unspecified atom stereocenters. The molecule has 3 rings (SSSR count). The monoisotopic (exact) mass is 419 g/mol. The summed E-state index contributed by atoms with van der Waals surface area (Å²) in [7, 11) is 0. The predicted octanol–water partition coefficient (Wildman–Crippen LogP) is 5.17. The van der Waals surface area contributed by atoms with Crippen LogP contribution in [0.15, 0.2) is 76.5 Å². The number of ether oxygens (including phenoxy) is 1. The van der Waals surface area contributed by atoms with Crippen molar-refractivity contribution < 1.29 is 9.53 Å². The maximum atomic E-state index is 13.4. The second-order valence-electron chi connectivity index (χ2n) is 6.68. The molecule has 2 N–H and O–H groups in total. The van der Waals surface area contributed by atoms with Gasteiger partial charge in [0.25, 0.3) is 5.91 Å². The maximum Gasteiger partial charge on any atom is 0.254 e. The van der Waals surface area contributed by atoms with Crippen molar-refractivity contribution in [3.8, 4) is 11.8 Å². The van der Waals surface area contributed by atoms with E-state index in [0.29, 0.717) is 29.2 Å². The van der Waals surface area contributed by atoms with E-state index in [4.69, 9.17) is 4.74 Å². The number of amides is 1. The molecular weight excluding hydrogens is 394 g/mol. The second-order valence-corrected chi connectivity index (χ2v) is 7.95.